The van der Waals surface area contributed by atoms with E-state index in [4.69, 9.17) is 13.9 Å². The van der Waals surface area contributed by atoms with E-state index in [9.17, 15) is 0 Å². The molecule has 2 heterocycles. The molecule has 5 heteroatoms. The average molecular weight is 274 g/mol. The van der Waals surface area contributed by atoms with Crippen molar-refractivity contribution in [3.8, 4) is 0 Å². The number of rotatable bonds is 4. The SMILES string of the molecule is CO[C@@H](C)c1nnc([C@H]2CCO[C@@H]2c2ccccc2)o1. The first-order valence-electron chi connectivity index (χ1n) is 6.82. The maximum atomic E-state index is 5.84. The van der Waals surface area contributed by atoms with Gasteiger partial charge in [0.1, 0.15) is 6.10 Å². The minimum Gasteiger partial charge on any atom is -0.422 e. The molecule has 0 amide bonds. The number of ether oxygens (including phenoxy) is 2. The summed E-state index contributed by atoms with van der Waals surface area (Å²) in [4.78, 5) is 0. The molecule has 0 N–H and O–H groups in total. The molecule has 3 rings (SSSR count). The summed E-state index contributed by atoms with van der Waals surface area (Å²) in [7, 11) is 1.62. The first-order valence-corrected chi connectivity index (χ1v) is 6.82. The molecule has 106 valence electrons. The van der Waals surface area contributed by atoms with Crippen LogP contribution < -0.4 is 0 Å². The van der Waals surface area contributed by atoms with Crippen LogP contribution in [0.1, 0.15) is 48.8 Å². The highest BCUT2D eigenvalue weighted by molar-refractivity contribution is 5.21. The highest BCUT2D eigenvalue weighted by atomic mass is 16.5. The summed E-state index contributed by atoms with van der Waals surface area (Å²) in [5, 5.41) is 8.23. The van der Waals surface area contributed by atoms with Crippen LogP contribution in [0.3, 0.4) is 0 Å². The Morgan fingerprint density at radius 1 is 1.25 bits per heavy atom. The number of aromatic nitrogens is 2. The van der Waals surface area contributed by atoms with E-state index in [0.29, 0.717) is 18.4 Å². The summed E-state index contributed by atoms with van der Waals surface area (Å²) in [6.07, 6.45) is 0.693. The van der Waals surface area contributed by atoms with Crippen LogP contribution in [0.25, 0.3) is 0 Å². The predicted octanol–water partition coefficient (Wildman–Crippen LogP) is 3.02. The Hall–Kier alpha value is -1.72. The summed E-state index contributed by atoms with van der Waals surface area (Å²) in [6, 6.07) is 10.2. The van der Waals surface area contributed by atoms with E-state index in [1.165, 1.54) is 0 Å². The van der Waals surface area contributed by atoms with Gasteiger partial charge in [0.25, 0.3) is 0 Å². The average Bonchev–Trinajstić information content (AvgIpc) is 3.15. The summed E-state index contributed by atoms with van der Waals surface area (Å²) >= 11 is 0. The van der Waals surface area contributed by atoms with Gasteiger partial charge in [-0.15, -0.1) is 10.2 Å². The molecule has 1 aromatic heterocycles. The molecular weight excluding hydrogens is 256 g/mol. The number of methoxy groups -OCH3 is 1. The molecule has 0 radical (unpaired) electrons. The fraction of sp³-hybridized carbons (Fsp3) is 0.467. The van der Waals surface area contributed by atoms with Crippen LogP contribution in [0.2, 0.25) is 0 Å². The molecule has 1 fully saturated rings. The van der Waals surface area contributed by atoms with Crippen LogP contribution in [-0.4, -0.2) is 23.9 Å². The molecule has 3 atom stereocenters. The highest BCUT2D eigenvalue weighted by Gasteiger charge is 2.35. The van der Waals surface area contributed by atoms with Gasteiger partial charge in [-0.2, -0.15) is 0 Å². The van der Waals surface area contributed by atoms with E-state index in [2.05, 4.69) is 22.3 Å². The number of hydrogen-bond donors (Lipinski definition) is 0. The maximum absolute atomic E-state index is 5.84. The van der Waals surface area contributed by atoms with Gasteiger partial charge in [-0.05, 0) is 18.9 Å². The predicted molar refractivity (Wildman–Crippen MR) is 72.2 cm³/mol. The second-order valence-electron chi connectivity index (χ2n) is 4.95. The van der Waals surface area contributed by atoms with Gasteiger partial charge in [0.15, 0.2) is 0 Å². The van der Waals surface area contributed by atoms with Crippen molar-refractivity contribution in [2.75, 3.05) is 13.7 Å². The zero-order valence-corrected chi connectivity index (χ0v) is 11.7. The quantitative estimate of drug-likeness (QED) is 0.857. The molecule has 20 heavy (non-hydrogen) atoms. The maximum Gasteiger partial charge on any atom is 0.244 e. The van der Waals surface area contributed by atoms with Crippen molar-refractivity contribution in [1.29, 1.82) is 0 Å². The fourth-order valence-corrected chi connectivity index (χ4v) is 2.48. The first-order chi connectivity index (χ1) is 9.79. The van der Waals surface area contributed by atoms with Crippen molar-refractivity contribution in [3.63, 3.8) is 0 Å². The molecular formula is C15H18N2O3. The third-order valence-corrected chi connectivity index (χ3v) is 3.69. The van der Waals surface area contributed by atoms with Crippen molar-refractivity contribution in [2.24, 2.45) is 0 Å². The minimum atomic E-state index is -0.186. The number of benzene rings is 1. The Morgan fingerprint density at radius 2 is 2.05 bits per heavy atom. The first kappa shape index (κ1) is 13.3. The zero-order chi connectivity index (χ0) is 13.9. The standard InChI is InChI=1S/C15H18N2O3/c1-10(18-2)14-16-17-15(20-14)12-8-9-19-13(12)11-6-4-3-5-7-11/h3-7,10,12-13H,8-9H2,1-2H3/t10-,12-,13+/m0/s1. The van der Waals surface area contributed by atoms with E-state index in [1.807, 2.05) is 25.1 Å². The third-order valence-electron chi connectivity index (χ3n) is 3.69. The van der Waals surface area contributed by atoms with Crippen molar-refractivity contribution < 1.29 is 13.9 Å². The number of nitrogens with zero attached hydrogens (tertiary/aromatic N) is 2. The molecule has 1 saturated heterocycles. The molecule has 1 aliphatic heterocycles. The van der Waals surface area contributed by atoms with E-state index in [1.54, 1.807) is 7.11 Å². The van der Waals surface area contributed by atoms with Crippen molar-refractivity contribution in [2.45, 2.75) is 31.5 Å². The van der Waals surface area contributed by atoms with E-state index in [0.717, 1.165) is 12.0 Å². The van der Waals surface area contributed by atoms with Crippen molar-refractivity contribution in [3.05, 3.63) is 47.7 Å². The molecule has 0 unspecified atom stereocenters. The summed E-state index contributed by atoms with van der Waals surface area (Å²) < 4.78 is 16.8. The van der Waals surface area contributed by atoms with Gasteiger partial charge >= 0.3 is 0 Å². The Morgan fingerprint density at radius 3 is 2.80 bits per heavy atom. The minimum absolute atomic E-state index is 0.0117. The Balaban J connectivity index is 1.84. The second-order valence-corrected chi connectivity index (χ2v) is 4.95. The summed E-state index contributed by atoms with van der Waals surface area (Å²) in [5.74, 6) is 1.26. The third kappa shape index (κ3) is 2.46. The Labute approximate surface area is 117 Å². The van der Waals surface area contributed by atoms with Crippen LogP contribution >= 0.6 is 0 Å². The van der Waals surface area contributed by atoms with Crippen LogP contribution in [0.5, 0.6) is 0 Å². The van der Waals surface area contributed by atoms with Gasteiger partial charge in [0.2, 0.25) is 11.8 Å². The molecule has 5 nitrogen and oxygen atoms in total. The topological polar surface area (TPSA) is 57.4 Å². The zero-order valence-electron chi connectivity index (χ0n) is 11.7. The smallest absolute Gasteiger partial charge is 0.244 e. The summed E-state index contributed by atoms with van der Waals surface area (Å²) in [6.45, 7) is 2.60. The lowest BCUT2D eigenvalue weighted by molar-refractivity contribution is 0.0869. The van der Waals surface area contributed by atoms with Crippen LogP contribution in [0.4, 0.5) is 0 Å². The van der Waals surface area contributed by atoms with Gasteiger partial charge in [-0.25, -0.2) is 0 Å². The largest absolute Gasteiger partial charge is 0.422 e. The normalized spacial score (nSPS) is 23.9. The molecule has 0 aliphatic carbocycles. The molecule has 2 aromatic rings. The van der Waals surface area contributed by atoms with Gasteiger partial charge in [-0.1, -0.05) is 30.3 Å². The van der Waals surface area contributed by atoms with E-state index in [-0.39, 0.29) is 18.1 Å². The Bertz CT molecular complexity index is 555. The number of hydrogen-bond acceptors (Lipinski definition) is 5. The van der Waals surface area contributed by atoms with Gasteiger partial charge < -0.3 is 13.9 Å². The lowest BCUT2D eigenvalue weighted by Gasteiger charge is -2.15. The molecule has 0 saturated carbocycles. The second kappa shape index (κ2) is 5.73. The molecule has 0 spiro atoms. The molecule has 1 aromatic carbocycles. The van der Waals surface area contributed by atoms with Crippen LogP contribution in [0, 0.1) is 0 Å². The van der Waals surface area contributed by atoms with E-state index < -0.39 is 0 Å². The van der Waals surface area contributed by atoms with Crippen molar-refractivity contribution >= 4 is 0 Å². The highest BCUT2D eigenvalue weighted by Crippen LogP contribution is 2.41. The lowest BCUT2D eigenvalue weighted by atomic mass is 9.95. The lowest BCUT2D eigenvalue weighted by Crippen LogP contribution is -2.06. The van der Waals surface area contributed by atoms with Gasteiger partial charge in [-0.3, -0.25) is 0 Å². The van der Waals surface area contributed by atoms with Crippen LogP contribution in [-0.2, 0) is 9.47 Å². The Kier molecular flexibility index (Phi) is 3.80. The van der Waals surface area contributed by atoms with Crippen molar-refractivity contribution in [1.82, 2.24) is 10.2 Å². The van der Waals surface area contributed by atoms with E-state index >= 15 is 0 Å². The van der Waals surface area contributed by atoms with Gasteiger partial charge in [0.05, 0.1) is 12.0 Å². The molecule has 0 bridgehead atoms. The van der Waals surface area contributed by atoms with Crippen LogP contribution in [0.15, 0.2) is 34.7 Å². The fourth-order valence-electron chi connectivity index (χ4n) is 2.48. The van der Waals surface area contributed by atoms with Gasteiger partial charge in [0, 0.05) is 13.7 Å². The molecule has 1 aliphatic rings. The summed E-state index contributed by atoms with van der Waals surface area (Å²) in [5.41, 5.74) is 1.15. The monoisotopic (exact) mass is 274 g/mol.